The highest BCUT2D eigenvalue weighted by Crippen LogP contribution is 2.35. The van der Waals surface area contributed by atoms with Crippen molar-refractivity contribution in [1.29, 1.82) is 0 Å². The maximum Gasteiger partial charge on any atom is 0.0723 e. The largest absolute Gasteiger partial charge is 0.371 e. The van der Waals surface area contributed by atoms with E-state index in [1.165, 1.54) is 63.4 Å². The zero-order valence-corrected chi connectivity index (χ0v) is 12.1. The molecule has 1 heteroatoms. The Balaban J connectivity index is 2.47. The van der Waals surface area contributed by atoms with Gasteiger partial charge in [-0.15, -0.1) is 0 Å². The summed E-state index contributed by atoms with van der Waals surface area (Å²) in [5.74, 6) is 0. The Morgan fingerprint density at radius 3 is 2.12 bits per heavy atom. The fraction of sp³-hybridized carbons (Fsp3) is 0.875. The summed E-state index contributed by atoms with van der Waals surface area (Å²) in [5, 5.41) is 0. The van der Waals surface area contributed by atoms with Crippen LogP contribution in [0.1, 0.15) is 78.6 Å². The molecule has 0 saturated heterocycles. The van der Waals surface area contributed by atoms with Gasteiger partial charge in [0, 0.05) is 0 Å². The molecule has 0 atom stereocenters. The Hall–Kier alpha value is -0.300. The van der Waals surface area contributed by atoms with E-state index < -0.39 is 0 Å². The average molecular weight is 238 g/mol. The minimum absolute atomic E-state index is 0.184. The van der Waals surface area contributed by atoms with Crippen molar-refractivity contribution in [2.24, 2.45) is 0 Å². The molecule has 0 aromatic heterocycles. The number of hydrogen-bond acceptors (Lipinski definition) is 1. The van der Waals surface area contributed by atoms with Gasteiger partial charge in [0.2, 0.25) is 0 Å². The quantitative estimate of drug-likeness (QED) is 0.414. The molecule has 1 aliphatic heterocycles. The summed E-state index contributed by atoms with van der Waals surface area (Å²) in [4.78, 5) is 0. The average Bonchev–Trinajstić information content (AvgIpc) is 2.30. The predicted octanol–water partition coefficient (Wildman–Crippen LogP) is 5.25. The van der Waals surface area contributed by atoms with Crippen LogP contribution in [0.25, 0.3) is 0 Å². The molecule has 0 bridgehead atoms. The maximum atomic E-state index is 6.15. The second kappa shape index (κ2) is 7.92. The van der Waals surface area contributed by atoms with Gasteiger partial charge in [0.15, 0.2) is 0 Å². The molecular weight excluding hydrogens is 208 g/mol. The first kappa shape index (κ1) is 14.8. The van der Waals surface area contributed by atoms with Crippen LogP contribution in [-0.4, -0.2) is 12.2 Å². The van der Waals surface area contributed by atoms with Crippen LogP contribution in [0.4, 0.5) is 0 Å². The summed E-state index contributed by atoms with van der Waals surface area (Å²) in [6, 6.07) is 0. The van der Waals surface area contributed by atoms with Crippen molar-refractivity contribution in [1.82, 2.24) is 0 Å². The van der Waals surface area contributed by atoms with E-state index in [0.717, 1.165) is 6.61 Å². The van der Waals surface area contributed by atoms with Crippen molar-refractivity contribution in [2.75, 3.05) is 6.61 Å². The van der Waals surface area contributed by atoms with Crippen LogP contribution in [0, 0.1) is 0 Å². The Labute approximate surface area is 108 Å². The molecule has 1 nitrogen and oxygen atoms in total. The van der Waals surface area contributed by atoms with Crippen molar-refractivity contribution < 1.29 is 4.74 Å². The lowest BCUT2D eigenvalue weighted by Gasteiger charge is -2.37. The Morgan fingerprint density at radius 1 is 1.06 bits per heavy atom. The van der Waals surface area contributed by atoms with Gasteiger partial charge in [-0.2, -0.15) is 0 Å². The monoisotopic (exact) mass is 238 g/mol. The third-order valence-corrected chi connectivity index (χ3v) is 3.89. The minimum atomic E-state index is 0.184. The van der Waals surface area contributed by atoms with Gasteiger partial charge in [-0.25, -0.2) is 0 Å². The molecule has 0 spiro atoms. The fourth-order valence-corrected chi connectivity index (χ4v) is 2.83. The molecule has 0 aromatic rings. The van der Waals surface area contributed by atoms with Gasteiger partial charge >= 0.3 is 0 Å². The predicted molar refractivity (Wildman–Crippen MR) is 75.3 cm³/mol. The van der Waals surface area contributed by atoms with E-state index in [-0.39, 0.29) is 5.60 Å². The molecule has 1 rings (SSSR count). The standard InChI is InChI=1S/C16H30O/c1-4-6-8-11-16(12-9-7-5-2)14-15(3)10-13-17-16/h10H,4-9,11-14H2,1-3H3. The van der Waals surface area contributed by atoms with Crippen LogP contribution in [0.3, 0.4) is 0 Å². The van der Waals surface area contributed by atoms with Gasteiger partial charge < -0.3 is 4.74 Å². The summed E-state index contributed by atoms with van der Waals surface area (Å²) >= 11 is 0. The molecule has 0 unspecified atom stereocenters. The molecule has 0 aromatic carbocycles. The summed E-state index contributed by atoms with van der Waals surface area (Å²) in [6.45, 7) is 7.65. The summed E-state index contributed by atoms with van der Waals surface area (Å²) < 4.78 is 6.15. The van der Waals surface area contributed by atoms with E-state index in [9.17, 15) is 0 Å². The normalized spacial score (nSPS) is 19.1. The fourth-order valence-electron chi connectivity index (χ4n) is 2.83. The highest BCUT2D eigenvalue weighted by molar-refractivity contribution is 5.08. The Kier molecular flexibility index (Phi) is 6.87. The van der Waals surface area contributed by atoms with E-state index in [4.69, 9.17) is 4.74 Å². The van der Waals surface area contributed by atoms with E-state index in [2.05, 4.69) is 26.8 Å². The van der Waals surface area contributed by atoms with E-state index in [1.54, 1.807) is 0 Å². The van der Waals surface area contributed by atoms with Gasteiger partial charge in [-0.3, -0.25) is 0 Å². The van der Waals surface area contributed by atoms with Crippen molar-refractivity contribution in [3.05, 3.63) is 11.6 Å². The molecular formula is C16H30O. The highest BCUT2D eigenvalue weighted by Gasteiger charge is 2.31. The lowest BCUT2D eigenvalue weighted by atomic mass is 9.83. The second-order valence-electron chi connectivity index (χ2n) is 5.64. The molecule has 17 heavy (non-hydrogen) atoms. The van der Waals surface area contributed by atoms with Crippen LogP contribution < -0.4 is 0 Å². The lowest BCUT2D eigenvalue weighted by molar-refractivity contribution is -0.0550. The van der Waals surface area contributed by atoms with Crippen LogP contribution >= 0.6 is 0 Å². The van der Waals surface area contributed by atoms with E-state index in [1.807, 2.05) is 0 Å². The number of unbranched alkanes of at least 4 members (excludes halogenated alkanes) is 4. The van der Waals surface area contributed by atoms with Crippen molar-refractivity contribution in [3.8, 4) is 0 Å². The second-order valence-corrected chi connectivity index (χ2v) is 5.64. The van der Waals surface area contributed by atoms with Crippen LogP contribution in [0.2, 0.25) is 0 Å². The highest BCUT2D eigenvalue weighted by atomic mass is 16.5. The van der Waals surface area contributed by atoms with Crippen molar-refractivity contribution in [3.63, 3.8) is 0 Å². The molecule has 0 amide bonds. The SMILES string of the molecule is CCCCCC1(CCCCC)CC(C)=CCO1. The first-order valence-electron chi connectivity index (χ1n) is 7.52. The summed E-state index contributed by atoms with van der Waals surface area (Å²) in [5.41, 5.74) is 1.72. The molecule has 100 valence electrons. The third-order valence-electron chi connectivity index (χ3n) is 3.89. The van der Waals surface area contributed by atoms with Crippen LogP contribution in [-0.2, 0) is 4.74 Å². The molecule has 0 aliphatic carbocycles. The lowest BCUT2D eigenvalue weighted by Crippen LogP contribution is -2.35. The maximum absolute atomic E-state index is 6.15. The summed E-state index contributed by atoms with van der Waals surface area (Å²) in [6.07, 6.45) is 13.9. The van der Waals surface area contributed by atoms with Crippen LogP contribution in [0.5, 0.6) is 0 Å². The first-order chi connectivity index (χ1) is 8.22. The molecule has 0 N–H and O–H groups in total. The number of ether oxygens (including phenoxy) is 1. The molecule has 0 radical (unpaired) electrons. The Morgan fingerprint density at radius 2 is 1.65 bits per heavy atom. The minimum Gasteiger partial charge on any atom is -0.371 e. The first-order valence-corrected chi connectivity index (χ1v) is 7.52. The van der Waals surface area contributed by atoms with Gasteiger partial charge in [0.25, 0.3) is 0 Å². The molecule has 1 aliphatic rings. The van der Waals surface area contributed by atoms with Gasteiger partial charge in [-0.1, -0.05) is 64.0 Å². The van der Waals surface area contributed by atoms with E-state index in [0.29, 0.717) is 0 Å². The third kappa shape index (κ3) is 5.25. The van der Waals surface area contributed by atoms with E-state index >= 15 is 0 Å². The van der Waals surface area contributed by atoms with Gasteiger partial charge in [-0.05, 0) is 26.2 Å². The van der Waals surface area contributed by atoms with Crippen LogP contribution in [0.15, 0.2) is 11.6 Å². The van der Waals surface area contributed by atoms with Crippen molar-refractivity contribution in [2.45, 2.75) is 84.2 Å². The molecule has 0 saturated carbocycles. The molecule has 0 fully saturated rings. The number of rotatable bonds is 8. The zero-order valence-electron chi connectivity index (χ0n) is 12.1. The number of hydrogen-bond donors (Lipinski definition) is 0. The zero-order chi connectivity index (χ0) is 12.6. The topological polar surface area (TPSA) is 9.23 Å². The van der Waals surface area contributed by atoms with Gasteiger partial charge in [0.05, 0.1) is 12.2 Å². The summed E-state index contributed by atoms with van der Waals surface area (Å²) in [7, 11) is 0. The smallest absolute Gasteiger partial charge is 0.0723 e. The molecule has 1 heterocycles. The van der Waals surface area contributed by atoms with Crippen molar-refractivity contribution >= 4 is 0 Å². The van der Waals surface area contributed by atoms with Gasteiger partial charge in [0.1, 0.15) is 0 Å². The Bertz CT molecular complexity index is 220.